The van der Waals surface area contributed by atoms with Crippen molar-refractivity contribution in [2.24, 2.45) is 5.73 Å². The van der Waals surface area contributed by atoms with Gasteiger partial charge in [0, 0.05) is 12.1 Å². The molecular weight excluding hydrogens is 236 g/mol. The first-order valence-electron chi connectivity index (χ1n) is 7.30. The predicted molar refractivity (Wildman–Crippen MR) is 79.4 cm³/mol. The molecule has 1 fully saturated rings. The van der Waals surface area contributed by atoms with Crippen molar-refractivity contribution < 1.29 is 4.74 Å². The second-order valence-electron chi connectivity index (χ2n) is 5.82. The number of nitrogens with two attached hydrogens (primary N) is 1. The molecule has 106 valence electrons. The van der Waals surface area contributed by atoms with E-state index in [1.807, 2.05) is 6.07 Å². The van der Waals surface area contributed by atoms with Crippen molar-refractivity contribution in [2.75, 3.05) is 13.6 Å². The molecule has 1 heterocycles. The number of benzene rings is 1. The zero-order valence-electron chi connectivity index (χ0n) is 12.3. The number of rotatable bonds is 3. The van der Waals surface area contributed by atoms with Crippen molar-refractivity contribution in [3.63, 3.8) is 0 Å². The van der Waals surface area contributed by atoms with E-state index in [9.17, 15) is 0 Å². The number of likely N-dealkylation sites (N-methyl/N-ethyl adjacent to an activating group) is 1. The van der Waals surface area contributed by atoms with Gasteiger partial charge in [-0.15, -0.1) is 0 Å². The first kappa shape index (κ1) is 14.4. The average Bonchev–Trinajstić information content (AvgIpc) is 2.50. The van der Waals surface area contributed by atoms with Gasteiger partial charge in [0.25, 0.3) is 0 Å². The summed E-state index contributed by atoms with van der Waals surface area (Å²) in [7, 11) is 2.17. The Morgan fingerprint density at radius 2 is 2.11 bits per heavy atom. The van der Waals surface area contributed by atoms with Gasteiger partial charge >= 0.3 is 0 Å². The van der Waals surface area contributed by atoms with Crippen molar-refractivity contribution in [3.8, 4) is 5.75 Å². The lowest BCUT2D eigenvalue weighted by atomic mass is 9.96. The molecule has 3 heteroatoms. The van der Waals surface area contributed by atoms with Gasteiger partial charge in [0.15, 0.2) is 0 Å². The van der Waals surface area contributed by atoms with Crippen LogP contribution in [-0.4, -0.2) is 30.6 Å². The molecule has 0 aliphatic carbocycles. The highest BCUT2D eigenvalue weighted by Gasteiger charge is 2.26. The highest BCUT2D eigenvalue weighted by Crippen LogP contribution is 2.30. The zero-order valence-corrected chi connectivity index (χ0v) is 12.3. The molecule has 2 unspecified atom stereocenters. The van der Waals surface area contributed by atoms with Crippen LogP contribution in [0.1, 0.15) is 44.7 Å². The minimum absolute atomic E-state index is 0.204. The molecule has 2 N–H and O–H groups in total. The van der Waals surface area contributed by atoms with Crippen molar-refractivity contribution >= 4 is 0 Å². The molecule has 3 nitrogen and oxygen atoms in total. The molecule has 19 heavy (non-hydrogen) atoms. The van der Waals surface area contributed by atoms with Gasteiger partial charge in [-0.2, -0.15) is 0 Å². The first-order valence-corrected chi connectivity index (χ1v) is 7.30. The summed E-state index contributed by atoms with van der Waals surface area (Å²) in [6, 6.07) is 8.91. The summed E-state index contributed by atoms with van der Waals surface area (Å²) in [6.45, 7) is 5.22. The molecule has 2 rings (SSSR count). The van der Waals surface area contributed by atoms with Crippen LogP contribution in [0, 0.1) is 0 Å². The molecule has 0 amide bonds. The Hall–Kier alpha value is -1.06. The summed E-state index contributed by atoms with van der Waals surface area (Å²) in [5.74, 6) is 0.942. The summed E-state index contributed by atoms with van der Waals surface area (Å²) in [4.78, 5) is 2.38. The third-order valence-electron chi connectivity index (χ3n) is 3.75. The Balaban J connectivity index is 2.23. The highest BCUT2D eigenvalue weighted by atomic mass is 16.5. The van der Waals surface area contributed by atoms with Crippen molar-refractivity contribution in [1.82, 2.24) is 4.90 Å². The van der Waals surface area contributed by atoms with Gasteiger partial charge in [0.2, 0.25) is 0 Å². The van der Waals surface area contributed by atoms with Crippen LogP contribution < -0.4 is 10.5 Å². The molecule has 0 saturated carbocycles. The molecule has 1 aromatic carbocycles. The highest BCUT2D eigenvalue weighted by molar-refractivity contribution is 5.31. The third-order valence-corrected chi connectivity index (χ3v) is 3.75. The minimum atomic E-state index is 0.204. The fourth-order valence-corrected chi connectivity index (χ4v) is 2.91. The third kappa shape index (κ3) is 3.71. The van der Waals surface area contributed by atoms with Gasteiger partial charge in [-0.1, -0.05) is 18.6 Å². The molecule has 1 aliphatic rings. The maximum atomic E-state index is 6.37. The second-order valence-corrected chi connectivity index (χ2v) is 5.82. The normalized spacial score (nSPS) is 25.3. The van der Waals surface area contributed by atoms with E-state index >= 15 is 0 Å². The Labute approximate surface area is 116 Å². The summed E-state index contributed by atoms with van der Waals surface area (Å²) in [5, 5.41) is 0. The average molecular weight is 262 g/mol. The summed E-state index contributed by atoms with van der Waals surface area (Å²) < 4.78 is 5.79. The van der Waals surface area contributed by atoms with Crippen LogP contribution in [0.5, 0.6) is 5.75 Å². The molecule has 0 aromatic heterocycles. The fourth-order valence-electron chi connectivity index (χ4n) is 2.91. The maximum Gasteiger partial charge on any atom is 0.120 e. The van der Waals surface area contributed by atoms with Crippen LogP contribution in [0.25, 0.3) is 0 Å². The number of ether oxygens (including phenoxy) is 1. The van der Waals surface area contributed by atoms with E-state index in [0.29, 0.717) is 6.04 Å². The van der Waals surface area contributed by atoms with E-state index in [-0.39, 0.29) is 12.1 Å². The second kappa shape index (κ2) is 6.40. The number of nitrogens with zero attached hydrogens (tertiary/aromatic N) is 1. The number of hydrogen-bond donors (Lipinski definition) is 1. The fraction of sp³-hybridized carbons (Fsp3) is 0.625. The summed E-state index contributed by atoms with van der Waals surface area (Å²) in [6.07, 6.45) is 3.77. The SMILES string of the molecule is CC(C)Oc1cccc(C2C(N)CCCCN2C)c1. The monoisotopic (exact) mass is 262 g/mol. The zero-order chi connectivity index (χ0) is 13.8. The molecule has 2 atom stereocenters. The Morgan fingerprint density at radius 1 is 1.32 bits per heavy atom. The molecule has 1 aliphatic heterocycles. The van der Waals surface area contributed by atoms with Crippen LogP contribution in [0.4, 0.5) is 0 Å². The lowest BCUT2D eigenvalue weighted by Crippen LogP contribution is -2.37. The Morgan fingerprint density at radius 3 is 2.84 bits per heavy atom. The van der Waals surface area contributed by atoms with E-state index in [1.54, 1.807) is 0 Å². The smallest absolute Gasteiger partial charge is 0.120 e. The topological polar surface area (TPSA) is 38.5 Å². The van der Waals surface area contributed by atoms with Crippen LogP contribution in [-0.2, 0) is 0 Å². The lowest BCUT2D eigenvalue weighted by molar-refractivity contribution is 0.225. The Kier molecular flexibility index (Phi) is 4.83. The molecule has 0 spiro atoms. The van der Waals surface area contributed by atoms with Crippen molar-refractivity contribution in [2.45, 2.75) is 51.3 Å². The van der Waals surface area contributed by atoms with E-state index in [1.165, 1.54) is 18.4 Å². The van der Waals surface area contributed by atoms with Crippen molar-refractivity contribution in [1.29, 1.82) is 0 Å². The molecule has 0 radical (unpaired) electrons. The predicted octanol–water partition coefficient (Wildman–Crippen LogP) is 2.96. The summed E-state index contributed by atoms with van der Waals surface area (Å²) in [5.41, 5.74) is 7.64. The largest absolute Gasteiger partial charge is 0.491 e. The van der Waals surface area contributed by atoms with Crippen molar-refractivity contribution in [3.05, 3.63) is 29.8 Å². The van der Waals surface area contributed by atoms with Gasteiger partial charge in [0.05, 0.1) is 6.10 Å². The lowest BCUT2D eigenvalue weighted by Gasteiger charge is -2.30. The quantitative estimate of drug-likeness (QED) is 0.910. The standard InChI is InChI=1S/C16H26N2O/c1-12(2)19-14-8-6-7-13(11-14)16-15(17)9-4-5-10-18(16)3/h6-8,11-12,15-16H,4-5,9-10,17H2,1-3H3. The first-order chi connectivity index (χ1) is 9.08. The van der Waals surface area contributed by atoms with Gasteiger partial charge in [-0.05, 0) is 58.0 Å². The van der Waals surface area contributed by atoms with E-state index < -0.39 is 0 Å². The van der Waals surface area contributed by atoms with Gasteiger partial charge in [0.1, 0.15) is 5.75 Å². The van der Waals surface area contributed by atoms with E-state index in [4.69, 9.17) is 10.5 Å². The van der Waals surface area contributed by atoms with E-state index in [2.05, 4.69) is 44.0 Å². The summed E-state index contributed by atoms with van der Waals surface area (Å²) >= 11 is 0. The molecule has 1 saturated heterocycles. The number of hydrogen-bond acceptors (Lipinski definition) is 3. The van der Waals surface area contributed by atoms with Gasteiger partial charge < -0.3 is 10.5 Å². The molecular formula is C16H26N2O. The van der Waals surface area contributed by atoms with Crippen LogP contribution in [0.15, 0.2) is 24.3 Å². The Bertz CT molecular complexity index is 393. The van der Waals surface area contributed by atoms with Crippen LogP contribution >= 0.6 is 0 Å². The van der Waals surface area contributed by atoms with Gasteiger partial charge in [-0.25, -0.2) is 0 Å². The molecule has 0 bridgehead atoms. The van der Waals surface area contributed by atoms with Crippen LogP contribution in [0.2, 0.25) is 0 Å². The van der Waals surface area contributed by atoms with E-state index in [0.717, 1.165) is 18.7 Å². The van der Waals surface area contributed by atoms with Crippen LogP contribution in [0.3, 0.4) is 0 Å². The maximum absolute atomic E-state index is 6.37. The minimum Gasteiger partial charge on any atom is -0.491 e. The number of likely N-dealkylation sites (tertiary alicyclic amines) is 1. The van der Waals surface area contributed by atoms with Gasteiger partial charge in [-0.3, -0.25) is 4.90 Å². The molecule has 1 aromatic rings.